The van der Waals surface area contributed by atoms with E-state index in [1.54, 1.807) is 0 Å². The van der Waals surface area contributed by atoms with Gasteiger partial charge in [-0.25, -0.2) is 0 Å². The summed E-state index contributed by atoms with van der Waals surface area (Å²) in [5.74, 6) is 0. The van der Waals surface area contributed by atoms with Crippen molar-refractivity contribution in [3.63, 3.8) is 0 Å². The Morgan fingerprint density at radius 2 is 0.400 bits per heavy atom. The van der Waals surface area contributed by atoms with Gasteiger partial charge in [-0.05, 0) is 0 Å². The zero-order chi connectivity index (χ0) is 0. The average Bonchev–Trinajstić information content (AvgIpc) is 0. The van der Waals surface area contributed by atoms with Gasteiger partial charge in [0, 0.05) is 0 Å². The fraction of sp³-hybridized carbons (Fsp3) is 0. The third-order valence-electron chi connectivity index (χ3n) is 0. The van der Waals surface area contributed by atoms with Gasteiger partial charge in [-0.1, -0.05) is 0 Å². The first-order valence-electron chi connectivity index (χ1n) is 0. The SMILES string of the molecule is [K+].[K+].[Na+].[Na+].[Na+]. The Labute approximate surface area is 184 Å². The van der Waals surface area contributed by atoms with Gasteiger partial charge < -0.3 is 0 Å². The van der Waals surface area contributed by atoms with Crippen LogP contribution < -0.4 is 191 Å². The molecular weight excluding hydrogens is 147 g/mol. The van der Waals surface area contributed by atoms with E-state index in [1.807, 2.05) is 0 Å². The van der Waals surface area contributed by atoms with E-state index in [-0.39, 0.29) is 191 Å². The average molecular weight is 147 g/mol. The van der Waals surface area contributed by atoms with Crippen LogP contribution in [0.4, 0.5) is 0 Å². The Balaban J connectivity index is 0. The molecular formula is K2Na3+5. The molecule has 0 aliphatic heterocycles. The van der Waals surface area contributed by atoms with E-state index in [0.717, 1.165) is 0 Å². The van der Waals surface area contributed by atoms with Gasteiger partial charge in [0.2, 0.25) is 0 Å². The molecule has 0 N–H and O–H groups in total. The van der Waals surface area contributed by atoms with E-state index >= 15 is 0 Å². The molecule has 0 saturated carbocycles. The summed E-state index contributed by atoms with van der Waals surface area (Å²) in [7, 11) is 0. The molecule has 0 unspecified atom stereocenters. The largest absolute Gasteiger partial charge is 1.00 e. The molecule has 0 radical (unpaired) electrons. The fourth-order valence-corrected chi connectivity index (χ4v) is 0. The zero-order valence-corrected chi connectivity index (χ0v) is 17.2. The van der Waals surface area contributed by atoms with Crippen molar-refractivity contribution in [2.24, 2.45) is 0 Å². The first-order valence-corrected chi connectivity index (χ1v) is 0. The molecule has 0 heterocycles. The molecule has 0 rings (SSSR count). The minimum absolute atomic E-state index is 0. The summed E-state index contributed by atoms with van der Waals surface area (Å²) in [5, 5.41) is 0. The van der Waals surface area contributed by atoms with Crippen LogP contribution in [-0.4, -0.2) is 0 Å². The van der Waals surface area contributed by atoms with E-state index < -0.39 is 0 Å². The van der Waals surface area contributed by atoms with Crippen molar-refractivity contribution in [1.29, 1.82) is 0 Å². The molecule has 5 heavy (non-hydrogen) atoms. The summed E-state index contributed by atoms with van der Waals surface area (Å²) in [6, 6.07) is 0. The maximum atomic E-state index is 0. The van der Waals surface area contributed by atoms with Crippen LogP contribution >= 0.6 is 0 Å². The zero-order valence-electron chi connectivity index (χ0n) is 5.00. The smallest absolute Gasteiger partial charge is 1.00 e. The van der Waals surface area contributed by atoms with Crippen LogP contribution in [0, 0.1) is 0 Å². The van der Waals surface area contributed by atoms with E-state index in [1.165, 1.54) is 0 Å². The minimum atomic E-state index is 0. The molecule has 0 valence electrons. The minimum Gasteiger partial charge on any atom is 1.00 e. The van der Waals surface area contributed by atoms with Crippen LogP contribution in [0.1, 0.15) is 0 Å². The molecule has 0 nitrogen and oxygen atoms in total. The molecule has 0 aromatic carbocycles. The second-order valence-electron chi connectivity index (χ2n) is 0. The molecule has 0 aliphatic rings. The molecule has 0 saturated heterocycles. The van der Waals surface area contributed by atoms with Crippen LogP contribution in [0.25, 0.3) is 0 Å². The third kappa shape index (κ3) is 17.9. The Morgan fingerprint density at radius 1 is 0.400 bits per heavy atom. The van der Waals surface area contributed by atoms with Crippen LogP contribution in [0.15, 0.2) is 0 Å². The van der Waals surface area contributed by atoms with Gasteiger partial charge in [0.05, 0.1) is 0 Å². The van der Waals surface area contributed by atoms with Gasteiger partial charge in [0.15, 0.2) is 0 Å². The predicted molar refractivity (Wildman–Crippen MR) is 0 cm³/mol. The third-order valence-corrected chi connectivity index (χ3v) is 0. The first-order chi connectivity index (χ1) is 0. The van der Waals surface area contributed by atoms with Crippen molar-refractivity contribution >= 4 is 0 Å². The van der Waals surface area contributed by atoms with Gasteiger partial charge in [-0.3, -0.25) is 0 Å². The summed E-state index contributed by atoms with van der Waals surface area (Å²) in [5.41, 5.74) is 0. The molecule has 0 atom stereocenters. The summed E-state index contributed by atoms with van der Waals surface area (Å²) in [6.07, 6.45) is 0. The molecule has 0 aromatic rings. The standard InChI is InChI=1S/2K.3Na/q5*+1. The summed E-state index contributed by atoms with van der Waals surface area (Å²) >= 11 is 0. The topological polar surface area (TPSA) is 0 Å². The van der Waals surface area contributed by atoms with E-state index in [9.17, 15) is 0 Å². The van der Waals surface area contributed by atoms with Crippen molar-refractivity contribution in [3.05, 3.63) is 0 Å². The molecule has 0 aliphatic carbocycles. The van der Waals surface area contributed by atoms with Crippen molar-refractivity contribution < 1.29 is 191 Å². The Hall–Kier alpha value is 6.27. The maximum absolute atomic E-state index is 0. The van der Waals surface area contributed by atoms with Crippen molar-refractivity contribution in [2.75, 3.05) is 0 Å². The molecule has 5 heteroatoms. The number of hydrogen-bond acceptors (Lipinski definition) is 0. The van der Waals surface area contributed by atoms with Gasteiger partial charge in [-0.15, -0.1) is 0 Å². The predicted octanol–water partition coefficient (Wildman–Crippen LogP) is -15.0. The van der Waals surface area contributed by atoms with Gasteiger partial charge >= 0.3 is 191 Å². The Kier molecular flexibility index (Phi) is 136. The van der Waals surface area contributed by atoms with Crippen molar-refractivity contribution in [3.8, 4) is 0 Å². The summed E-state index contributed by atoms with van der Waals surface area (Å²) in [4.78, 5) is 0. The van der Waals surface area contributed by atoms with Gasteiger partial charge in [0.25, 0.3) is 0 Å². The maximum Gasteiger partial charge on any atom is 1.00 e. The van der Waals surface area contributed by atoms with Crippen LogP contribution in [-0.2, 0) is 0 Å². The number of rotatable bonds is 0. The first kappa shape index (κ1) is 30.2. The monoisotopic (exact) mass is 147 g/mol. The Morgan fingerprint density at radius 3 is 0.400 bits per heavy atom. The van der Waals surface area contributed by atoms with Gasteiger partial charge in [0.1, 0.15) is 0 Å². The van der Waals surface area contributed by atoms with Crippen molar-refractivity contribution in [1.82, 2.24) is 0 Å². The van der Waals surface area contributed by atoms with Crippen LogP contribution in [0.5, 0.6) is 0 Å². The molecule has 0 fully saturated rings. The second kappa shape index (κ2) is 22.4. The molecule has 0 amide bonds. The fourth-order valence-electron chi connectivity index (χ4n) is 0. The summed E-state index contributed by atoms with van der Waals surface area (Å²) < 4.78 is 0. The normalized spacial score (nSPS) is 0. The molecule has 0 bridgehead atoms. The summed E-state index contributed by atoms with van der Waals surface area (Å²) in [6.45, 7) is 0. The van der Waals surface area contributed by atoms with Crippen LogP contribution in [0.2, 0.25) is 0 Å². The molecule has 0 aromatic heterocycles. The second-order valence-corrected chi connectivity index (χ2v) is 0. The Bertz CT molecular complexity index is 4.85. The van der Waals surface area contributed by atoms with Gasteiger partial charge in [-0.2, -0.15) is 0 Å². The van der Waals surface area contributed by atoms with Crippen LogP contribution in [0.3, 0.4) is 0 Å². The quantitative estimate of drug-likeness (QED) is 0.298. The van der Waals surface area contributed by atoms with E-state index in [4.69, 9.17) is 0 Å². The van der Waals surface area contributed by atoms with E-state index in [2.05, 4.69) is 0 Å². The number of hydrogen-bond donors (Lipinski definition) is 0. The van der Waals surface area contributed by atoms with Crippen molar-refractivity contribution in [2.45, 2.75) is 0 Å². The molecule has 0 spiro atoms. The van der Waals surface area contributed by atoms with E-state index in [0.29, 0.717) is 0 Å².